The first-order chi connectivity index (χ1) is 14.3. The number of nitrogens with one attached hydrogen (secondary N) is 1. The fourth-order valence-corrected chi connectivity index (χ4v) is 4.72. The van der Waals surface area contributed by atoms with Crippen molar-refractivity contribution in [3.8, 4) is 0 Å². The largest absolute Gasteiger partial charge is 0.358 e. The van der Waals surface area contributed by atoms with Crippen molar-refractivity contribution in [3.63, 3.8) is 0 Å². The normalized spacial score (nSPS) is 15.3. The molecule has 4 rings (SSSR count). The number of nitrogens with zero attached hydrogens (tertiary/aromatic N) is 4. The molecule has 0 radical (unpaired) electrons. The zero-order valence-corrected chi connectivity index (χ0v) is 19.1. The Morgan fingerprint density at radius 2 is 1.67 bits per heavy atom. The van der Waals surface area contributed by atoms with Crippen LogP contribution in [-0.4, -0.2) is 56.7 Å². The minimum atomic E-state index is 0.230. The minimum Gasteiger partial charge on any atom is -0.358 e. The van der Waals surface area contributed by atoms with E-state index < -0.39 is 0 Å². The number of aryl methyl sites for hydroxylation is 5. The number of aromatic amines is 1. The molecular formula is C24H33N5O. The summed E-state index contributed by atoms with van der Waals surface area (Å²) in [4.78, 5) is 21.1. The number of fused-ring (bicyclic) bond motifs is 1. The monoisotopic (exact) mass is 407 g/mol. The molecule has 1 aromatic carbocycles. The molecule has 6 heteroatoms. The second-order valence-corrected chi connectivity index (χ2v) is 8.78. The summed E-state index contributed by atoms with van der Waals surface area (Å²) in [5.74, 6) is 0.230. The molecule has 1 aliphatic rings. The topological polar surface area (TPSA) is 57.2 Å². The standard InChI is InChI=1S/C24H33N5O/c1-15-7-8-16(2)24-23(15)20(17(3)25-24)13-22(30)29-11-9-28(10-12-29)14-21-18(4)26-27(6)19(21)5/h7-8,25H,9-14H2,1-6H3. The molecule has 6 nitrogen and oxygen atoms in total. The molecule has 0 spiro atoms. The van der Waals surface area contributed by atoms with Crippen LogP contribution in [0.1, 0.15) is 39.3 Å². The van der Waals surface area contributed by atoms with Crippen molar-refractivity contribution < 1.29 is 4.79 Å². The summed E-state index contributed by atoms with van der Waals surface area (Å²) < 4.78 is 1.96. The van der Waals surface area contributed by atoms with E-state index in [2.05, 4.69) is 61.7 Å². The number of carbonyl (C=O) groups excluding carboxylic acids is 1. The molecule has 3 aromatic rings. The van der Waals surface area contributed by atoms with E-state index in [1.165, 1.54) is 33.3 Å². The number of rotatable bonds is 4. The quantitative estimate of drug-likeness (QED) is 0.722. The fraction of sp³-hybridized carbons (Fsp3) is 0.500. The predicted octanol–water partition coefficient (Wildman–Crippen LogP) is 3.33. The Morgan fingerprint density at radius 3 is 2.30 bits per heavy atom. The molecule has 0 aliphatic carbocycles. The van der Waals surface area contributed by atoms with E-state index in [0.717, 1.165) is 49.7 Å². The molecule has 1 fully saturated rings. The molecule has 0 atom stereocenters. The number of carbonyl (C=O) groups is 1. The number of hydrogen-bond donors (Lipinski definition) is 1. The van der Waals surface area contributed by atoms with Gasteiger partial charge in [0.25, 0.3) is 0 Å². The van der Waals surface area contributed by atoms with Crippen molar-refractivity contribution >= 4 is 16.8 Å². The third-order valence-electron chi connectivity index (χ3n) is 6.78. The summed E-state index contributed by atoms with van der Waals surface area (Å²) in [5, 5.41) is 5.75. The van der Waals surface area contributed by atoms with E-state index >= 15 is 0 Å². The Labute approximate surface area is 178 Å². The maximum absolute atomic E-state index is 13.1. The number of H-pyrrole nitrogens is 1. The van der Waals surface area contributed by atoms with Crippen molar-refractivity contribution in [1.29, 1.82) is 0 Å². The molecule has 2 aromatic heterocycles. The number of benzene rings is 1. The molecule has 160 valence electrons. The maximum Gasteiger partial charge on any atom is 0.227 e. The molecule has 0 unspecified atom stereocenters. The average molecular weight is 408 g/mol. The van der Waals surface area contributed by atoms with Gasteiger partial charge in [-0.2, -0.15) is 5.10 Å². The number of aromatic nitrogens is 3. The Morgan fingerprint density at radius 1 is 1.00 bits per heavy atom. The van der Waals surface area contributed by atoms with Gasteiger partial charge in [0.05, 0.1) is 12.1 Å². The lowest BCUT2D eigenvalue weighted by atomic mass is 10.0. The van der Waals surface area contributed by atoms with E-state index in [9.17, 15) is 4.79 Å². The van der Waals surface area contributed by atoms with Crippen LogP contribution in [0, 0.1) is 34.6 Å². The smallest absolute Gasteiger partial charge is 0.227 e. The van der Waals surface area contributed by atoms with Crippen LogP contribution in [-0.2, 0) is 24.8 Å². The van der Waals surface area contributed by atoms with Gasteiger partial charge in [0.1, 0.15) is 0 Å². The number of amides is 1. The van der Waals surface area contributed by atoms with E-state index in [4.69, 9.17) is 0 Å². The first kappa shape index (κ1) is 20.7. The third kappa shape index (κ3) is 3.65. The van der Waals surface area contributed by atoms with Crippen molar-refractivity contribution in [3.05, 3.63) is 51.5 Å². The Kier molecular flexibility index (Phi) is 5.45. The van der Waals surface area contributed by atoms with Crippen LogP contribution in [0.4, 0.5) is 0 Å². The van der Waals surface area contributed by atoms with Gasteiger partial charge in [-0.3, -0.25) is 14.4 Å². The molecule has 3 heterocycles. The summed E-state index contributed by atoms with van der Waals surface area (Å²) in [5.41, 5.74) is 9.54. The minimum absolute atomic E-state index is 0.230. The molecule has 30 heavy (non-hydrogen) atoms. The van der Waals surface area contributed by atoms with Gasteiger partial charge < -0.3 is 9.88 Å². The lowest BCUT2D eigenvalue weighted by Gasteiger charge is -2.35. The zero-order valence-electron chi connectivity index (χ0n) is 19.1. The predicted molar refractivity (Wildman–Crippen MR) is 121 cm³/mol. The van der Waals surface area contributed by atoms with Crippen LogP contribution < -0.4 is 0 Å². The molecule has 0 bridgehead atoms. The average Bonchev–Trinajstić information content (AvgIpc) is 3.17. The van der Waals surface area contributed by atoms with Gasteiger partial charge in [-0.1, -0.05) is 12.1 Å². The van der Waals surface area contributed by atoms with E-state index in [-0.39, 0.29) is 5.91 Å². The highest BCUT2D eigenvalue weighted by atomic mass is 16.2. The summed E-state index contributed by atoms with van der Waals surface area (Å²) >= 11 is 0. The summed E-state index contributed by atoms with van der Waals surface area (Å²) in [6.07, 6.45) is 0.469. The first-order valence-electron chi connectivity index (χ1n) is 10.8. The van der Waals surface area contributed by atoms with Crippen LogP contribution in [0.2, 0.25) is 0 Å². The van der Waals surface area contributed by atoms with Crippen molar-refractivity contribution in [2.45, 2.75) is 47.6 Å². The van der Waals surface area contributed by atoms with Crippen LogP contribution >= 0.6 is 0 Å². The molecular weight excluding hydrogens is 374 g/mol. The fourth-order valence-electron chi connectivity index (χ4n) is 4.72. The van der Waals surface area contributed by atoms with E-state index in [0.29, 0.717) is 6.42 Å². The number of piperazine rings is 1. The second kappa shape index (κ2) is 7.91. The Hall–Kier alpha value is -2.60. The maximum atomic E-state index is 13.1. The van der Waals surface area contributed by atoms with Crippen LogP contribution in [0.5, 0.6) is 0 Å². The summed E-state index contributed by atoms with van der Waals surface area (Å²) in [6.45, 7) is 14.8. The highest BCUT2D eigenvalue weighted by Gasteiger charge is 2.24. The zero-order chi connectivity index (χ0) is 21.6. The molecule has 0 saturated carbocycles. The summed E-state index contributed by atoms with van der Waals surface area (Å²) in [7, 11) is 2.00. The first-order valence-corrected chi connectivity index (χ1v) is 10.8. The molecule has 1 amide bonds. The van der Waals surface area contributed by atoms with Gasteiger partial charge in [0.2, 0.25) is 5.91 Å². The Bertz CT molecular complexity index is 1100. The summed E-state index contributed by atoms with van der Waals surface area (Å²) in [6, 6.07) is 4.30. The van der Waals surface area contributed by atoms with Gasteiger partial charge in [0.15, 0.2) is 0 Å². The van der Waals surface area contributed by atoms with E-state index in [1.807, 2.05) is 16.6 Å². The highest BCUT2D eigenvalue weighted by Crippen LogP contribution is 2.29. The van der Waals surface area contributed by atoms with Gasteiger partial charge in [-0.05, 0) is 51.3 Å². The molecule has 1 aliphatic heterocycles. The van der Waals surface area contributed by atoms with Crippen LogP contribution in [0.15, 0.2) is 12.1 Å². The van der Waals surface area contributed by atoms with Crippen LogP contribution in [0.25, 0.3) is 10.9 Å². The number of hydrogen-bond acceptors (Lipinski definition) is 3. The van der Waals surface area contributed by atoms with Gasteiger partial charge in [-0.15, -0.1) is 0 Å². The van der Waals surface area contributed by atoms with Crippen molar-refractivity contribution in [2.24, 2.45) is 7.05 Å². The lowest BCUT2D eigenvalue weighted by Crippen LogP contribution is -2.48. The highest BCUT2D eigenvalue weighted by molar-refractivity contribution is 5.93. The second-order valence-electron chi connectivity index (χ2n) is 8.78. The van der Waals surface area contributed by atoms with Gasteiger partial charge >= 0.3 is 0 Å². The lowest BCUT2D eigenvalue weighted by molar-refractivity contribution is -0.132. The van der Waals surface area contributed by atoms with Gasteiger partial charge in [-0.25, -0.2) is 0 Å². The Balaban J connectivity index is 1.42. The van der Waals surface area contributed by atoms with Crippen LogP contribution in [0.3, 0.4) is 0 Å². The molecule has 1 N–H and O–H groups in total. The third-order valence-corrected chi connectivity index (χ3v) is 6.78. The van der Waals surface area contributed by atoms with E-state index in [1.54, 1.807) is 0 Å². The van der Waals surface area contributed by atoms with Gasteiger partial charge in [0, 0.05) is 67.6 Å². The molecule has 1 saturated heterocycles. The van der Waals surface area contributed by atoms with Crippen molar-refractivity contribution in [2.75, 3.05) is 26.2 Å². The SMILES string of the molecule is Cc1nn(C)c(C)c1CN1CCN(C(=O)Cc2c(C)[nH]c3c(C)ccc(C)c23)CC1. The van der Waals surface area contributed by atoms with Crippen molar-refractivity contribution in [1.82, 2.24) is 24.6 Å².